The lowest BCUT2D eigenvalue weighted by Crippen LogP contribution is -2.71. The van der Waals surface area contributed by atoms with Gasteiger partial charge in [-0.05, 0) is 12.0 Å². The molecule has 0 aromatic carbocycles. The SMILES string of the molecule is COC(=O)C[C@H]1C(C)(C)[C@H](OC(C)=O)C[C@@H]2O[C@]34CC(=O)O[C@@H](c5ccoc5)[C@]3(C)[C@@H](O)[C@@H](C(=O)[C@@H]4C)[C@@]21C. The van der Waals surface area contributed by atoms with Crippen molar-refractivity contribution < 1.29 is 47.6 Å². The van der Waals surface area contributed by atoms with Crippen LogP contribution in [0.3, 0.4) is 0 Å². The van der Waals surface area contributed by atoms with E-state index in [1.165, 1.54) is 26.6 Å². The number of fused-ring (bicyclic) bond motifs is 1. The Morgan fingerprint density at radius 2 is 1.87 bits per heavy atom. The van der Waals surface area contributed by atoms with Crippen LogP contribution in [-0.4, -0.2) is 59.8 Å². The second kappa shape index (κ2) is 8.89. The van der Waals surface area contributed by atoms with E-state index in [0.29, 0.717) is 5.56 Å². The summed E-state index contributed by atoms with van der Waals surface area (Å²) in [5.74, 6) is -4.04. The molecule has 5 aliphatic rings. The van der Waals surface area contributed by atoms with Crippen molar-refractivity contribution in [2.24, 2.45) is 34.0 Å². The van der Waals surface area contributed by atoms with Crippen molar-refractivity contribution in [3.8, 4) is 0 Å². The first-order valence-electron chi connectivity index (χ1n) is 13.5. The molecule has 3 saturated heterocycles. The maximum absolute atomic E-state index is 14.3. The number of hydrogen-bond donors (Lipinski definition) is 1. The highest BCUT2D eigenvalue weighted by molar-refractivity contribution is 5.90. The molecule has 0 amide bonds. The number of hydrogen-bond acceptors (Lipinski definition) is 10. The summed E-state index contributed by atoms with van der Waals surface area (Å²) in [6.45, 7) is 10.6. The van der Waals surface area contributed by atoms with Crippen molar-refractivity contribution in [2.45, 2.75) is 90.8 Å². The van der Waals surface area contributed by atoms with Crippen LogP contribution in [0.5, 0.6) is 0 Å². The molecular formula is C29H38O10. The number of aliphatic hydroxyl groups excluding tert-OH is 1. The van der Waals surface area contributed by atoms with E-state index in [1.54, 1.807) is 13.0 Å². The minimum Gasteiger partial charge on any atom is -0.472 e. The number of aliphatic hydroxyl groups is 1. The van der Waals surface area contributed by atoms with Crippen molar-refractivity contribution in [1.29, 1.82) is 0 Å². The minimum atomic E-state index is -1.42. The van der Waals surface area contributed by atoms with Crippen LogP contribution in [0.4, 0.5) is 0 Å². The smallest absolute Gasteiger partial charge is 0.309 e. The quantitative estimate of drug-likeness (QED) is 0.443. The van der Waals surface area contributed by atoms with Crippen molar-refractivity contribution in [2.75, 3.05) is 7.11 Å². The second-order valence-corrected chi connectivity index (χ2v) is 12.8. The van der Waals surface area contributed by atoms with E-state index in [9.17, 15) is 24.3 Å². The van der Waals surface area contributed by atoms with Crippen LogP contribution < -0.4 is 0 Å². The molecule has 39 heavy (non-hydrogen) atoms. The average Bonchev–Trinajstić information content (AvgIpc) is 3.36. The maximum atomic E-state index is 14.3. The molecule has 2 aliphatic carbocycles. The van der Waals surface area contributed by atoms with Crippen molar-refractivity contribution in [3.05, 3.63) is 24.2 Å². The largest absolute Gasteiger partial charge is 0.472 e. The lowest BCUT2D eigenvalue weighted by atomic mass is 9.43. The van der Waals surface area contributed by atoms with E-state index in [0.717, 1.165) is 0 Å². The van der Waals surface area contributed by atoms with Gasteiger partial charge < -0.3 is 28.5 Å². The van der Waals surface area contributed by atoms with Crippen molar-refractivity contribution in [3.63, 3.8) is 0 Å². The fraction of sp³-hybridized carbons (Fsp3) is 0.724. The normalized spacial score (nSPS) is 44.5. The number of carbonyl (C=O) groups is 4. The van der Waals surface area contributed by atoms with Gasteiger partial charge >= 0.3 is 17.9 Å². The van der Waals surface area contributed by atoms with E-state index in [4.69, 9.17) is 23.4 Å². The van der Waals surface area contributed by atoms with Crippen LogP contribution in [-0.2, 0) is 38.1 Å². The number of furan rings is 1. The van der Waals surface area contributed by atoms with Gasteiger partial charge in [-0.2, -0.15) is 0 Å². The van der Waals surface area contributed by atoms with Crippen molar-refractivity contribution in [1.82, 2.24) is 0 Å². The molecule has 4 heterocycles. The number of ketones is 1. The van der Waals surface area contributed by atoms with E-state index in [-0.39, 0.29) is 25.0 Å². The molecule has 2 bridgehead atoms. The molecule has 5 fully saturated rings. The molecule has 0 radical (unpaired) electrons. The molecule has 0 unspecified atom stereocenters. The highest BCUT2D eigenvalue weighted by Crippen LogP contribution is 2.71. The highest BCUT2D eigenvalue weighted by atomic mass is 16.6. The van der Waals surface area contributed by atoms with E-state index in [2.05, 4.69) is 0 Å². The minimum absolute atomic E-state index is 0.0766. The van der Waals surface area contributed by atoms with Gasteiger partial charge in [0, 0.05) is 42.1 Å². The van der Waals surface area contributed by atoms with Crippen LogP contribution in [0.15, 0.2) is 23.0 Å². The standard InChI is InChI=1S/C29H38O10/c1-14-23(33)22-24(34)28(6)25(16-8-9-36-13-16)38-21(32)12-29(14,28)39-19-11-18(37-15(2)30)26(3,4)17(27(19,22)5)10-20(31)35-7/h8-9,13-14,17-19,22,24-25,34H,10-12H2,1-7H3/t14-,17-,18+,19-,22+,24-,25-,27+,28-,29-/m0/s1. The Morgan fingerprint density at radius 1 is 1.18 bits per heavy atom. The number of methoxy groups -OCH3 is 1. The van der Waals surface area contributed by atoms with Crippen LogP contribution in [0.25, 0.3) is 0 Å². The van der Waals surface area contributed by atoms with Crippen LogP contribution >= 0.6 is 0 Å². The summed E-state index contributed by atoms with van der Waals surface area (Å²) in [5, 5.41) is 12.3. The highest BCUT2D eigenvalue weighted by Gasteiger charge is 2.79. The van der Waals surface area contributed by atoms with Gasteiger partial charge in [0.15, 0.2) is 0 Å². The molecule has 10 atom stereocenters. The van der Waals surface area contributed by atoms with E-state index >= 15 is 0 Å². The lowest BCUT2D eigenvalue weighted by molar-refractivity contribution is -0.283. The topological polar surface area (TPSA) is 139 Å². The molecule has 10 nitrogen and oxygen atoms in total. The molecule has 6 rings (SSSR count). The summed E-state index contributed by atoms with van der Waals surface area (Å²) >= 11 is 0. The third kappa shape index (κ3) is 3.53. The molecule has 1 spiro atoms. The first-order chi connectivity index (χ1) is 18.2. The first kappa shape index (κ1) is 27.8. The van der Waals surface area contributed by atoms with E-state index < -0.39 is 81.9 Å². The molecule has 3 aliphatic heterocycles. The maximum Gasteiger partial charge on any atom is 0.309 e. The average molecular weight is 547 g/mol. The van der Waals surface area contributed by atoms with Gasteiger partial charge in [0.2, 0.25) is 0 Å². The Labute approximate surface area is 227 Å². The summed E-state index contributed by atoms with van der Waals surface area (Å²) in [6, 6.07) is 1.68. The number of carbonyl (C=O) groups excluding carboxylic acids is 4. The number of Topliss-reactive ketones (excluding diaryl/α,β-unsaturated/α-hetero) is 1. The fourth-order valence-corrected chi connectivity index (χ4v) is 8.69. The summed E-state index contributed by atoms with van der Waals surface area (Å²) < 4.78 is 29.1. The monoisotopic (exact) mass is 546 g/mol. The predicted molar refractivity (Wildman–Crippen MR) is 134 cm³/mol. The van der Waals surface area contributed by atoms with E-state index in [1.807, 2.05) is 27.7 Å². The Morgan fingerprint density at radius 3 is 2.46 bits per heavy atom. The van der Waals surface area contributed by atoms with Crippen molar-refractivity contribution >= 4 is 23.7 Å². The fourth-order valence-electron chi connectivity index (χ4n) is 8.69. The third-order valence-corrected chi connectivity index (χ3v) is 10.9. The summed E-state index contributed by atoms with van der Waals surface area (Å²) in [5.41, 5.74) is -3.97. The molecule has 10 heteroatoms. The van der Waals surface area contributed by atoms with Gasteiger partial charge in [0.05, 0.1) is 49.6 Å². The summed E-state index contributed by atoms with van der Waals surface area (Å²) in [6.07, 6.45) is -0.749. The van der Waals surface area contributed by atoms with Crippen LogP contribution in [0.2, 0.25) is 0 Å². The first-order valence-corrected chi connectivity index (χ1v) is 13.5. The molecule has 214 valence electrons. The summed E-state index contributed by atoms with van der Waals surface area (Å²) in [4.78, 5) is 52.5. The third-order valence-electron chi connectivity index (χ3n) is 10.9. The Bertz CT molecular complexity index is 1190. The zero-order valence-corrected chi connectivity index (χ0v) is 23.5. The number of cyclic esters (lactones) is 1. The molecular weight excluding hydrogens is 508 g/mol. The number of ether oxygens (including phenoxy) is 4. The van der Waals surface area contributed by atoms with Gasteiger partial charge in [-0.3, -0.25) is 19.2 Å². The number of rotatable bonds is 4. The molecule has 1 aromatic heterocycles. The van der Waals surface area contributed by atoms with Gasteiger partial charge in [-0.25, -0.2) is 0 Å². The molecule has 1 aromatic rings. The second-order valence-electron chi connectivity index (χ2n) is 12.8. The Balaban J connectivity index is 1.76. The Kier molecular flexibility index (Phi) is 6.35. The predicted octanol–water partition coefficient (Wildman–Crippen LogP) is 3.15. The molecule has 2 saturated carbocycles. The Hall–Kier alpha value is -2.72. The summed E-state index contributed by atoms with van der Waals surface area (Å²) in [7, 11) is 1.30. The van der Waals surface area contributed by atoms with Crippen LogP contribution in [0.1, 0.15) is 72.5 Å². The van der Waals surface area contributed by atoms with Gasteiger partial charge in [0.25, 0.3) is 0 Å². The zero-order chi connectivity index (χ0) is 28.7. The van der Waals surface area contributed by atoms with Gasteiger partial charge in [-0.1, -0.05) is 34.6 Å². The molecule has 1 N–H and O–H groups in total. The van der Waals surface area contributed by atoms with Gasteiger partial charge in [0.1, 0.15) is 23.6 Å². The zero-order valence-electron chi connectivity index (χ0n) is 23.5. The number of esters is 3. The van der Waals surface area contributed by atoms with Crippen LogP contribution in [0, 0.1) is 34.0 Å². The van der Waals surface area contributed by atoms with Gasteiger partial charge in [-0.15, -0.1) is 0 Å². The lowest BCUT2D eigenvalue weighted by Gasteiger charge is -2.61.